The number of hydrogen-bond donors (Lipinski definition) is 4. The average Bonchev–Trinajstić information content (AvgIpc) is 2.49. The first-order valence-electron chi connectivity index (χ1n) is 7.23. The first-order valence-corrected chi connectivity index (χ1v) is 7.23. The van der Waals surface area contributed by atoms with Gasteiger partial charge in [0, 0.05) is 32.7 Å². The van der Waals surface area contributed by atoms with Crippen LogP contribution in [0, 0.1) is 5.92 Å². The van der Waals surface area contributed by atoms with Crippen LogP contribution >= 0.6 is 0 Å². The van der Waals surface area contributed by atoms with Crippen LogP contribution in [0.5, 0.6) is 0 Å². The molecule has 0 aliphatic carbocycles. The predicted molar refractivity (Wildman–Crippen MR) is 76.9 cm³/mol. The van der Waals surface area contributed by atoms with E-state index >= 15 is 0 Å². The number of carboxylic acids is 1. The topological polar surface area (TPSA) is 111 Å². The minimum atomic E-state index is -0.832. The second kappa shape index (κ2) is 9.17. The van der Waals surface area contributed by atoms with Gasteiger partial charge in [-0.05, 0) is 12.8 Å². The molecule has 120 valence electrons. The van der Waals surface area contributed by atoms with Crippen LogP contribution in [0.3, 0.4) is 0 Å². The number of aliphatic carboxylic acids is 1. The molecule has 1 fully saturated rings. The van der Waals surface area contributed by atoms with Gasteiger partial charge < -0.3 is 26.0 Å². The van der Waals surface area contributed by atoms with Crippen LogP contribution in [-0.2, 0) is 9.59 Å². The number of rotatable bonds is 7. The zero-order chi connectivity index (χ0) is 15.7. The van der Waals surface area contributed by atoms with Crippen LogP contribution in [0.15, 0.2) is 0 Å². The molecule has 0 spiro atoms. The second-order valence-corrected chi connectivity index (χ2v) is 5.12. The summed E-state index contributed by atoms with van der Waals surface area (Å²) in [6, 6.07) is -0.401. The number of urea groups is 1. The first kappa shape index (κ1) is 17.2. The summed E-state index contributed by atoms with van der Waals surface area (Å²) < 4.78 is 0. The van der Waals surface area contributed by atoms with Gasteiger partial charge in [-0.25, -0.2) is 4.79 Å². The van der Waals surface area contributed by atoms with Crippen molar-refractivity contribution >= 4 is 17.9 Å². The Bertz CT molecular complexity index is 369. The molecule has 1 heterocycles. The third kappa shape index (κ3) is 6.94. The minimum Gasteiger partial charge on any atom is -0.481 e. The van der Waals surface area contributed by atoms with Crippen LogP contribution in [0.25, 0.3) is 0 Å². The molecule has 1 unspecified atom stereocenters. The van der Waals surface area contributed by atoms with Gasteiger partial charge in [0.05, 0.1) is 12.5 Å². The maximum atomic E-state index is 11.8. The monoisotopic (exact) mass is 300 g/mol. The molecule has 1 aliphatic rings. The van der Waals surface area contributed by atoms with Crippen molar-refractivity contribution < 1.29 is 19.5 Å². The molecule has 0 aromatic heterocycles. The highest BCUT2D eigenvalue weighted by Gasteiger charge is 2.16. The Morgan fingerprint density at radius 3 is 2.52 bits per heavy atom. The van der Waals surface area contributed by atoms with Crippen LogP contribution in [0.2, 0.25) is 0 Å². The number of carbonyl (C=O) groups excluding carboxylic acids is 2. The lowest BCUT2D eigenvalue weighted by molar-refractivity contribution is -0.141. The van der Waals surface area contributed by atoms with Gasteiger partial charge in [0.15, 0.2) is 0 Å². The van der Waals surface area contributed by atoms with E-state index in [9.17, 15) is 14.4 Å². The lowest BCUT2D eigenvalue weighted by Crippen LogP contribution is -2.50. The average molecular weight is 300 g/mol. The quantitative estimate of drug-likeness (QED) is 0.461. The molecule has 0 aromatic carbocycles. The summed E-state index contributed by atoms with van der Waals surface area (Å²) >= 11 is 0. The number of amides is 3. The van der Waals surface area contributed by atoms with E-state index in [2.05, 4.69) is 16.0 Å². The van der Waals surface area contributed by atoms with Crippen molar-refractivity contribution in [1.29, 1.82) is 0 Å². The van der Waals surface area contributed by atoms with Crippen molar-refractivity contribution in [3.05, 3.63) is 0 Å². The summed E-state index contributed by atoms with van der Waals surface area (Å²) in [6.45, 7) is 4.89. The van der Waals surface area contributed by atoms with Gasteiger partial charge in [-0.1, -0.05) is 6.92 Å². The molecule has 8 heteroatoms. The fraction of sp³-hybridized carbons (Fsp3) is 0.769. The molecule has 8 nitrogen and oxygen atoms in total. The highest BCUT2D eigenvalue weighted by atomic mass is 16.4. The number of carboxylic acid groups (broad SMARTS) is 1. The fourth-order valence-electron chi connectivity index (χ4n) is 1.98. The minimum absolute atomic E-state index is 0.0165. The Kier molecular flexibility index (Phi) is 7.52. The standard InChI is InChI=1S/C13H24N4O4/c1-10(12(19)20)3-2-4-15-13(21)16-9-11(18)17-7-5-14-6-8-17/h10,14H,2-9H2,1H3,(H,19,20)(H2,15,16,21). The summed E-state index contributed by atoms with van der Waals surface area (Å²) in [6.07, 6.45) is 1.10. The van der Waals surface area contributed by atoms with Crippen molar-refractivity contribution in [2.45, 2.75) is 19.8 Å². The van der Waals surface area contributed by atoms with Crippen molar-refractivity contribution in [2.24, 2.45) is 5.92 Å². The zero-order valence-electron chi connectivity index (χ0n) is 12.4. The maximum Gasteiger partial charge on any atom is 0.315 e. The molecule has 1 saturated heterocycles. The van der Waals surface area contributed by atoms with E-state index in [0.29, 0.717) is 32.5 Å². The molecule has 4 N–H and O–H groups in total. The Labute approximate surface area is 124 Å². The number of nitrogens with zero attached hydrogens (tertiary/aromatic N) is 1. The summed E-state index contributed by atoms with van der Waals surface area (Å²) in [5, 5.41) is 17.0. The number of piperazine rings is 1. The van der Waals surface area contributed by atoms with Crippen molar-refractivity contribution in [1.82, 2.24) is 20.9 Å². The Morgan fingerprint density at radius 2 is 1.90 bits per heavy atom. The molecule has 21 heavy (non-hydrogen) atoms. The fourth-order valence-corrected chi connectivity index (χ4v) is 1.98. The normalized spacial score (nSPS) is 16.1. The molecular weight excluding hydrogens is 276 g/mol. The van der Waals surface area contributed by atoms with E-state index in [1.54, 1.807) is 11.8 Å². The Morgan fingerprint density at radius 1 is 1.24 bits per heavy atom. The van der Waals surface area contributed by atoms with E-state index in [1.165, 1.54) is 0 Å². The van der Waals surface area contributed by atoms with Crippen LogP contribution < -0.4 is 16.0 Å². The smallest absolute Gasteiger partial charge is 0.315 e. The second-order valence-electron chi connectivity index (χ2n) is 5.12. The summed E-state index contributed by atoms with van der Waals surface area (Å²) in [7, 11) is 0. The van der Waals surface area contributed by atoms with E-state index in [-0.39, 0.29) is 12.5 Å². The van der Waals surface area contributed by atoms with E-state index in [4.69, 9.17) is 5.11 Å². The summed E-state index contributed by atoms with van der Waals surface area (Å²) in [4.78, 5) is 35.6. The molecule has 0 aromatic rings. The van der Waals surface area contributed by atoms with Crippen LogP contribution in [0.1, 0.15) is 19.8 Å². The third-order valence-electron chi connectivity index (χ3n) is 3.39. The molecule has 3 amide bonds. The molecule has 1 rings (SSSR count). The molecule has 0 radical (unpaired) electrons. The molecule has 1 atom stereocenters. The molecule has 1 aliphatic heterocycles. The van der Waals surface area contributed by atoms with Crippen LogP contribution in [0.4, 0.5) is 4.79 Å². The lowest BCUT2D eigenvalue weighted by Gasteiger charge is -2.27. The number of nitrogens with one attached hydrogen (secondary N) is 3. The molecular formula is C13H24N4O4. The highest BCUT2D eigenvalue weighted by Crippen LogP contribution is 2.03. The van der Waals surface area contributed by atoms with Crippen LogP contribution in [-0.4, -0.2) is 67.2 Å². The van der Waals surface area contributed by atoms with Gasteiger partial charge in [0.2, 0.25) is 5.91 Å². The number of carbonyl (C=O) groups is 3. The number of hydrogen-bond acceptors (Lipinski definition) is 4. The predicted octanol–water partition coefficient (Wildman–Crippen LogP) is -0.782. The van der Waals surface area contributed by atoms with E-state index in [1.807, 2.05) is 0 Å². The van der Waals surface area contributed by atoms with Gasteiger partial charge in [0.25, 0.3) is 0 Å². The van der Waals surface area contributed by atoms with E-state index in [0.717, 1.165) is 13.1 Å². The SMILES string of the molecule is CC(CCCNC(=O)NCC(=O)N1CCNCC1)C(=O)O. The summed E-state index contributed by atoms with van der Waals surface area (Å²) in [5.41, 5.74) is 0. The third-order valence-corrected chi connectivity index (χ3v) is 3.39. The molecule has 0 saturated carbocycles. The summed E-state index contributed by atoms with van der Waals surface area (Å²) in [5.74, 6) is -1.34. The first-order chi connectivity index (χ1) is 10.0. The van der Waals surface area contributed by atoms with Gasteiger partial charge in [-0.15, -0.1) is 0 Å². The van der Waals surface area contributed by atoms with Gasteiger partial charge in [-0.3, -0.25) is 9.59 Å². The highest BCUT2D eigenvalue weighted by molar-refractivity contribution is 5.84. The largest absolute Gasteiger partial charge is 0.481 e. The van der Waals surface area contributed by atoms with Gasteiger partial charge in [-0.2, -0.15) is 0 Å². The zero-order valence-corrected chi connectivity index (χ0v) is 12.4. The van der Waals surface area contributed by atoms with Gasteiger partial charge in [0.1, 0.15) is 0 Å². The van der Waals surface area contributed by atoms with Crippen molar-refractivity contribution in [2.75, 3.05) is 39.3 Å². The van der Waals surface area contributed by atoms with Crippen molar-refractivity contribution in [3.8, 4) is 0 Å². The Hall–Kier alpha value is -1.83. The Balaban J connectivity index is 2.08. The maximum absolute atomic E-state index is 11.8. The molecule has 0 bridgehead atoms. The van der Waals surface area contributed by atoms with E-state index < -0.39 is 17.9 Å². The lowest BCUT2D eigenvalue weighted by atomic mass is 10.1. The van der Waals surface area contributed by atoms with Crippen molar-refractivity contribution in [3.63, 3.8) is 0 Å². The van der Waals surface area contributed by atoms with Gasteiger partial charge >= 0.3 is 12.0 Å².